The summed E-state index contributed by atoms with van der Waals surface area (Å²) in [6.07, 6.45) is 1.50. The van der Waals surface area contributed by atoms with Gasteiger partial charge < -0.3 is 25.0 Å². The molecule has 2 aromatic rings. The number of nitrogens with one attached hydrogen (secondary N) is 2. The number of aryl methyl sites for hydroxylation is 1. The fourth-order valence-electron chi connectivity index (χ4n) is 4.80. The van der Waals surface area contributed by atoms with Crippen LogP contribution in [-0.4, -0.2) is 59.6 Å². The van der Waals surface area contributed by atoms with E-state index in [1.165, 1.54) is 9.80 Å². The highest BCUT2D eigenvalue weighted by atomic mass is 16.7. The minimum Gasteiger partial charge on any atom is -0.454 e. The molecule has 2 saturated heterocycles. The molecule has 3 heterocycles. The van der Waals surface area contributed by atoms with E-state index < -0.39 is 12.1 Å². The molecule has 4 amide bonds. The second-order valence-corrected chi connectivity index (χ2v) is 8.96. The number of hydrogen-bond acceptors (Lipinski definition) is 6. The van der Waals surface area contributed by atoms with Crippen LogP contribution in [0.1, 0.15) is 29.5 Å². The summed E-state index contributed by atoms with van der Waals surface area (Å²) in [5.41, 5.74) is 3.53. The number of carbonyl (C=O) groups excluding carboxylic acids is 3. The van der Waals surface area contributed by atoms with Crippen molar-refractivity contribution in [2.24, 2.45) is 0 Å². The van der Waals surface area contributed by atoms with E-state index in [0.29, 0.717) is 24.5 Å². The average molecular weight is 465 g/mol. The minimum atomic E-state index is -0.533. The van der Waals surface area contributed by atoms with E-state index in [2.05, 4.69) is 10.6 Å². The molecule has 34 heavy (non-hydrogen) atoms. The molecule has 9 nitrogen and oxygen atoms in total. The predicted molar refractivity (Wildman–Crippen MR) is 125 cm³/mol. The Bertz CT molecular complexity index is 1150. The van der Waals surface area contributed by atoms with E-state index in [1.807, 2.05) is 38.1 Å². The van der Waals surface area contributed by atoms with Gasteiger partial charge in [0.15, 0.2) is 11.5 Å². The minimum absolute atomic E-state index is 0.0916. The van der Waals surface area contributed by atoms with Gasteiger partial charge in [-0.05, 0) is 68.1 Å². The fraction of sp³-hybridized carbons (Fsp3) is 0.400. The van der Waals surface area contributed by atoms with Crippen LogP contribution in [0.15, 0.2) is 36.4 Å². The lowest BCUT2D eigenvalue weighted by atomic mass is 9.93. The molecular weight excluding hydrogens is 436 g/mol. The van der Waals surface area contributed by atoms with Crippen LogP contribution in [-0.2, 0) is 16.1 Å². The van der Waals surface area contributed by atoms with Gasteiger partial charge in [0.05, 0.1) is 12.6 Å². The molecule has 2 unspecified atom stereocenters. The maximum absolute atomic E-state index is 13.5. The topological polar surface area (TPSA) is 100 Å². The predicted octanol–water partition coefficient (Wildman–Crippen LogP) is 2.56. The maximum Gasteiger partial charge on any atom is 0.327 e. The van der Waals surface area contributed by atoms with Crippen molar-refractivity contribution >= 4 is 23.5 Å². The molecule has 2 atom stereocenters. The largest absolute Gasteiger partial charge is 0.454 e. The van der Waals surface area contributed by atoms with Crippen molar-refractivity contribution < 1.29 is 23.9 Å². The van der Waals surface area contributed by atoms with Crippen molar-refractivity contribution in [3.63, 3.8) is 0 Å². The van der Waals surface area contributed by atoms with Gasteiger partial charge in [0.1, 0.15) is 12.6 Å². The van der Waals surface area contributed by atoms with Crippen molar-refractivity contribution in [1.29, 1.82) is 0 Å². The summed E-state index contributed by atoms with van der Waals surface area (Å²) >= 11 is 0. The lowest BCUT2D eigenvalue weighted by Gasteiger charge is -2.46. The Morgan fingerprint density at radius 2 is 1.97 bits per heavy atom. The van der Waals surface area contributed by atoms with Gasteiger partial charge in [0.2, 0.25) is 18.6 Å². The van der Waals surface area contributed by atoms with Crippen LogP contribution in [0, 0.1) is 13.8 Å². The molecule has 3 aliphatic heterocycles. The number of fused-ring (bicyclic) bond motifs is 2. The molecule has 0 radical (unpaired) electrons. The van der Waals surface area contributed by atoms with Crippen LogP contribution in [0.3, 0.4) is 0 Å². The molecule has 5 rings (SSSR count). The Kier molecular flexibility index (Phi) is 5.87. The Morgan fingerprint density at radius 1 is 1.15 bits per heavy atom. The van der Waals surface area contributed by atoms with Gasteiger partial charge in [-0.1, -0.05) is 18.2 Å². The highest BCUT2D eigenvalue weighted by Gasteiger charge is 2.47. The molecular formula is C25H28N4O5. The van der Waals surface area contributed by atoms with Crippen LogP contribution in [0.25, 0.3) is 0 Å². The highest BCUT2D eigenvalue weighted by molar-refractivity contribution is 6.03. The molecule has 0 aliphatic carbocycles. The highest BCUT2D eigenvalue weighted by Crippen LogP contribution is 2.34. The lowest BCUT2D eigenvalue weighted by Crippen LogP contribution is -2.70. The normalized spacial score (nSPS) is 21.5. The summed E-state index contributed by atoms with van der Waals surface area (Å²) in [6.45, 7) is 4.74. The molecule has 0 saturated carbocycles. The molecule has 0 aromatic heterocycles. The summed E-state index contributed by atoms with van der Waals surface area (Å²) in [7, 11) is 0. The Labute approximate surface area is 198 Å². The first-order valence-corrected chi connectivity index (χ1v) is 11.5. The van der Waals surface area contributed by atoms with Crippen LogP contribution >= 0.6 is 0 Å². The number of anilines is 1. The van der Waals surface area contributed by atoms with Crippen molar-refractivity contribution in [2.45, 2.75) is 45.3 Å². The number of imide groups is 1. The zero-order chi connectivity index (χ0) is 23.8. The second-order valence-electron chi connectivity index (χ2n) is 8.96. The monoisotopic (exact) mass is 464 g/mol. The van der Waals surface area contributed by atoms with Gasteiger partial charge in [0, 0.05) is 5.69 Å². The van der Waals surface area contributed by atoms with Crippen LogP contribution in [0.5, 0.6) is 11.5 Å². The number of ether oxygens (including phenoxy) is 2. The lowest BCUT2D eigenvalue weighted by molar-refractivity contribution is -0.138. The zero-order valence-electron chi connectivity index (χ0n) is 19.3. The number of hydrogen-bond donors (Lipinski definition) is 2. The number of carbonyl (C=O) groups is 3. The third kappa shape index (κ3) is 4.07. The average Bonchev–Trinajstić information content (AvgIpc) is 3.30. The van der Waals surface area contributed by atoms with E-state index >= 15 is 0 Å². The van der Waals surface area contributed by atoms with E-state index in [9.17, 15) is 14.4 Å². The van der Waals surface area contributed by atoms with Gasteiger partial charge in [-0.25, -0.2) is 4.79 Å². The van der Waals surface area contributed by atoms with E-state index in [0.717, 1.165) is 28.8 Å². The van der Waals surface area contributed by atoms with Gasteiger partial charge in [-0.2, -0.15) is 0 Å². The first-order valence-electron chi connectivity index (χ1n) is 11.5. The first-order chi connectivity index (χ1) is 16.4. The zero-order valence-corrected chi connectivity index (χ0v) is 19.3. The second kappa shape index (κ2) is 8.98. The molecule has 2 aromatic carbocycles. The molecule has 2 fully saturated rings. The molecule has 2 N–H and O–H groups in total. The van der Waals surface area contributed by atoms with E-state index in [-0.39, 0.29) is 37.7 Å². The van der Waals surface area contributed by atoms with Crippen LogP contribution < -0.4 is 20.1 Å². The summed E-state index contributed by atoms with van der Waals surface area (Å²) < 4.78 is 10.8. The van der Waals surface area contributed by atoms with Crippen LogP contribution in [0.2, 0.25) is 0 Å². The molecule has 9 heteroatoms. The SMILES string of the molecule is Cc1cccc(NC(=O)CN2C(=O)N(Cc3ccc4c(c3)OCO4)C(=O)C3NCCCC32)c1C. The van der Waals surface area contributed by atoms with Crippen molar-refractivity contribution in [3.8, 4) is 11.5 Å². The molecule has 3 aliphatic rings. The summed E-state index contributed by atoms with van der Waals surface area (Å²) in [5, 5.41) is 6.19. The smallest absolute Gasteiger partial charge is 0.327 e. The van der Waals surface area contributed by atoms with Gasteiger partial charge >= 0.3 is 6.03 Å². The number of urea groups is 1. The van der Waals surface area contributed by atoms with Gasteiger partial charge in [-0.15, -0.1) is 0 Å². The standard InChI is InChI=1S/C25H28N4O5/c1-15-5-3-6-18(16(15)2)27-22(30)13-28-19-7-4-10-26-23(19)24(31)29(25(28)32)12-17-8-9-20-21(11-17)34-14-33-20/h3,5-6,8-9,11,19,23,26H,4,7,10,12-14H2,1-2H3,(H,27,30). The van der Waals surface area contributed by atoms with Crippen molar-refractivity contribution in [3.05, 3.63) is 53.1 Å². The van der Waals surface area contributed by atoms with Crippen molar-refractivity contribution in [1.82, 2.24) is 15.1 Å². The van der Waals surface area contributed by atoms with E-state index in [1.54, 1.807) is 12.1 Å². The molecule has 0 spiro atoms. The number of amides is 4. The third-order valence-corrected chi connectivity index (χ3v) is 6.81. The first kappa shape index (κ1) is 22.2. The summed E-state index contributed by atoms with van der Waals surface area (Å²) in [6, 6.07) is 9.73. The number of nitrogens with zero attached hydrogens (tertiary/aromatic N) is 2. The summed E-state index contributed by atoms with van der Waals surface area (Å²) in [5.74, 6) is 0.675. The van der Waals surface area contributed by atoms with Gasteiger partial charge in [-0.3, -0.25) is 14.5 Å². The van der Waals surface area contributed by atoms with Gasteiger partial charge in [0.25, 0.3) is 0 Å². The summed E-state index contributed by atoms with van der Waals surface area (Å²) in [4.78, 5) is 42.5. The Hall–Kier alpha value is -3.59. The number of benzene rings is 2. The van der Waals surface area contributed by atoms with E-state index in [4.69, 9.17) is 9.47 Å². The fourth-order valence-corrected chi connectivity index (χ4v) is 4.80. The Morgan fingerprint density at radius 3 is 2.82 bits per heavy atom. The number of piperidine rings is 1. The van der Waals surface area contributed by atoms with Crippen molar-refractivity contribution in [2.75, 3.05) is 25.2 Å². The molecule has 178 valence electrons. The quantitative estimate of drug-likeness (QED) is 0.706. The van der Waals surface area contributed by atoms with Crippen LogP contribution in [0.4, 0.5) is 10.5 Å². The molecule has 0 bridgehead atoms. The Balaban J connectivity index is 1.37. The maximum atomic E-state index is 13.5. The number of rotatable bonds is 5. The third-order valence-electron chi connectivity index (χ3n) is 6.81.